The summed E-state index contributed by atoms with van der Waals surface area (Å²) in [4.78, 5) is 5.70. The van der Waals surface area contributed by atoms with Gasteiger partial charge in [0.25, 0.3) is 0 Å². The molecule has 142 valence electrons. The fourth-order valence-corrected chi connectivity index (χ4v) is 3.33. The quantitative estimate of drug-likeness (QED) is 0.535. The van der Waals surface area contributed by atoms with E-state index in [0.29, 0.717) is 17.3 Å². The van der Waals surface area contributed by atoms with Crippen molar-refractivity contribution in [1.82, 2.24) is 25.6 Å². The molecule has 0 aliphatic heterocycles. The molecule has 0 aliphatic carbocycles. The van der Waals surface area contributed by atoms with E-state index in [-0.39, 0.29) is 5.82 Å². The summed E-state index contributed by atoms with van der Waals surface area (Å²) < 4.78 is 13.2. The Bertz CT molecular complexity index is 1030. The predicted octanol–water partition coefficient (Wildman–Crippen LogP) is 5.22. The van der Waals surface area contributed by atoms with Crippen LogP contribution in [0.15, 0.2) is 47.7 Å². The third kappa shape index (κ3) is 4.17. The number of nitrogens with one attached hydrogen (secondary N) is 2. The van der Waals surface area contributed by atoms with Gasteiger partial charge >= 0.3 is 0 Å². The summed E-state index contributed by atoms with van der Waals surface area (Å²) in [5.41, 5.74) is 4.16. The number of hydrogen-bond acceptors (Lipinski definition) is 6. The Labute approximate surface area is 166 Å². The fraction of sp³-hybridized carbons (Fsp3) is 0.100. The number of nitrogens with zero attached hydrogens (tertiary/aromatic N) is 4. The molecule has 0 bridgehead atoms. The smallest absolute Gasteiger partial charge is 0.200 e. The zero-order valence-corrected chi connectivity index (χ0v) is 16.3. The van der Waals surface area contributed by atoms with E-state index < -0.39 is 0 Å². The molecule has 0 saturated heterocycles. The van der Waals surface area contributed by atoms with Gasteiger partial charge in [-0.3, -0.25) is 0 Å². The lowest BCUT2D eigenvalue weighted by Gasteiger charge is -2.17. The number of pyridine rings is 1. The second kappa shape index (κ2) is 8.62. The molecule has 28 heavy (non-hydrogen) atoms. The first kappa shape index (κ1) is 19.5. The minimum Gasteiger partial charge on any atom is -0.339 e. The topological polar surface area (TPSA) is 79.4 Å². The van der Waals surface area contributed by atoms with Crippen LogP contribution in [-0.4, -0.2) is 25.6 Å². The van der Waals surface area contributed by atoms with Gasteiger partial charge < -0.3 is 5.32 Å². The standard InChI is InChI=1S/C20H19FN6S/c1-5-16-13(4)18(28-6-2)20(22-15-9-7-14(21)8-10-15)23-17(16)11-12(3)19-24-26-27-25-19/h5-11H,1-2H2,3-4H3,(H,22,23)(H,24,25,26,27)/b12-11+. The predicted molar refractivity (Wildman–Crippen MR) is 113 cm³/mol. The van der Waals surface area contributed by atoms with E-state index >= 15 is 0 Å². The number of halogens is 1. The van der Waals surface area contributed by atoms with Crippen LogP contribution in [0.3, 0.4) is 0 Å². The van der Waals surface area contributed by atoms with Crippen molar-refractivity contribution in [3.63, 3.8) is 0 Å². The zero-order chi connectivity index (χ0) is 20.1. The van der Waals surface area contributed by atoms with Crippen LogP contribution >= 0.6 is 11.8 Å². The molecule has 1 aromatic carbocycles. The number of allylic oxidation sites excluding steroid dienone is 1. The highest BCUT2D eigenvalue weighted by Gasteiger charge is 2.15. The minimum absolute atomic E-state index is 0.295. The van der Waals surface area contributed by atoms with Gasteiger partial charge in [0.15, 0.2) is 5.82 Å². The molecule has 3 aromatic rings. The Balaban J connectivity index is 2.12. The monoisotopic (exact) mass is 394 g/mol. The lowest BCUT2D eigenvalue weighted by atomic mass is 10.0. The Morgan fingerprint density at radius 1 is 1.25 bits per heavy atom. The van der Waals surface area contributed by atoms with Crippen LogP contribution < -0.4 is 5.32 Å². The molecule has 8 heteroatoms. The molecule has 3 rings (SSSR count). The highest BCUT2D eigenvalue weighted by Crippen LogP contribution is 2.36. The summed E-state index contributed by atoms with van der Waals surface area (Å²) in [6, 6.07) is 6.12. The molecule has 0 amide bonds. The third-order valence-electron chi connectivity index (χ3n) is 4.03. The number of H-pyrrole nitrogens is 1. The second-order valence-corrected chi connectivity index (χ2v) is 6.87. The summed E-state index contributed by atoms with van der Waals surface area (Å²) in [7, 11) is 0. The number of tetrazole rings is 1. The second-order valence-electron chi connectivity index (χ2n) is 5.90. The molecule has 0 aliphatic rings. The molecular weight excluding hydrogens is 375 g/mol. The molecule has 0 spiro atoms. The fourth-order valence-electron chi connectivity index (χ4n) is 2.67. The summed E-state index contributed by atoms with van der Waals surface area (Å²) in [6.45, 7) is 11.6. The highest BCUT2D eigenvalue weighted by atomic mass is 32.2. The van der Waals surface area contributed by atoms with E-state index in [1.807, 2.05) is 19.9 Å². The maximum absolute atomic E-state index is 13.2. The summed E-state index contributed by atoms with van der Waals surface area (Å²) >= 11 is 1.46. The van der Waals surface area contributed by atoms with Crippen LogP contribution in [0, 0.1) is 12.7 Å². The van der Waals surface area contributed by atoms with Crippen molar-refractivity contribution in [3.8, 4) is 0 Å². The summed E-state index contributed by atoms with van der Waals surface area (Å²) in [5, 5.41) is 19.0. The van der Waals surface area contributed by atoms with Gasteiger partial charge in [-0.2, -0.15) is 5.21 Å². The molecule has 6 nitrogen and oxygen atoms in total. The van der Waals surface area contributed by atoms with Gasteiger partial charge in [0.05, 0.1) is 10.6 Å². The van der Waals surface area contributed by atoms with Crippen LogP contribution in [-0.2, 0) is 0 Å². The van der Waals surface area contributed by atoms with Crippen molar-refractivity contribution in [2.24, 2.45) is 0 Å². The minimum atomic E-state index is -0.295. The number of aromatic nitrogens is 5. The average molecular weight is 394 g/mol. The molecule has 0 radical (unpaired) electrons. The molecule has 0 fully saturated rings. The van der Waals surface area contributed by atoms with E-state index in [4.69, 9.17) is 4.98 Å². The number of anilines is 2. The van der Waals surface area contributed by atoms with Gasteiger partial charge in [-0.05, 0) is 65.9 Å². The van der Waals surface area contributed by atoms with Crippen molar-refractivity contribution < 1.29 is 4.39 Å². The van der Waals surface area contributed by atoms with Crippen LogP contribution in [0.25, 0.3) is 17.7 Å². The van der Waals surface area contributed by atoms with Crippen molar-refractivity contribution in [1.29, 1.82) is 0 Å². The van der Waals surface area contributed by atoms with Crippen molar-refractivity contribution in [3.05, 3.63) is 71.3 Å². The van der Waals surface area contributed by atoms with Gasteiger partial charge in [0.1, 0.15) is 11.6 Å². The number of thioether (sulfide) groups is 1. The van der Waals surface area contributed by atoms with E-state index in [1.165, 1.54) is 23.9 Å². The number of rotatable bonds is 7. The SMILES string of the molecule is C=CSc1c(Nc2ccc(F)cc2)nc(/C=C(\C)c2nn[nH]n2)c(C=C)c1C. The van der Waals surface area contributed by atoms with Crippen molar-refractivity contribution in [2.75, 3.05) is 5.32 Å². The molecular formula is C20H19FN6S. The Morgan fingerprint density at radius 3 is 2.61 bits per heavy atom. The van der Waals surface area contributed by atoms with Gasteiger partial charge in [-0.15, -0.1) is 10.2 Å². The van der Waals surface area contributed by atoms with Crippen molar-refractivity contribution >= 4 is 41.0 Å². The van der Waals surface area contributed by atoms with Gasteiger partial charge in [-0.25, -0.2) is 9.37 Å². The molecule has 2 N–H and O–H groups in total. The number of aromatic amines is 1. The van der Waals surface area contributed by atoms with Crippen LogP contribution in [0.2, 0.25) is 0 Å². The van der Waals surface area contributed by atoms with E-state index in [0.717, 1.165) is 27.3 Å². The maximum Gasteiger partial charge on any atom is 0.200 e. The molecule has 0 atom stereocenters. The molecule has 0 unspecified atom stereocenters. The maximum atomic E-state index is 13.2. The normalized spacial score (nSPS) is 11.3. The van der Waals surface area contributed by atoms with E-state index in [9.17, 15) is 4.39 Å². The van der Waals surface area contributed by atoms with Gasteiger partial charge in [0.2, 0.25) is 0 Å². The lowest BCUT2D eigenvalue weighted by molar-refractivity contribution is 0.628. The third-order valence-corrected chi connectivity index (χ3v) is 4.93. The van der Waals surface area contributed by atoms with Crippen LogP contribution in [0.4, 0.5) is 15.9 Å². The molecule has 2 heterocycles. The number of benzene rings is 1. The molecule has 2 aromatic heterocycles. The summed E-state index contributed by atoms with van der Waals surface area (Å²) in [5.74, 6) is 0.843. The van der Waals surface area contributed by atoms with E-state index in [2.05, 4.69) is 39.1 Å². The Morgan fingerprint density at radius 2 is 2.00 bits per heavy atom. The first-order valence-corrected chi connectivity index (χ1v) is 9.30. The van der Waals surface area contributed by atoms with Gasteiger partial charge in [-0.1, -0.05) is 31.0 Å². The Hall–Kier alpha value is -3.26. The molecule has 0 saturated carbocycles. The Kier molecular flexibility index (Phi) is 6.00. The first-order chi connectivity index (χ1) is 13.5. The van der Waals surface area contributed by atoms with Crippen LogP contribution in [0.1, 0.15) is 29.6 Å². The van der Waals surface area contributed by atoms with Crippen molar-refractivity contribution in [2.45, 2.75) is 18.7 Å². The lowest BCUT2D eigenvalue weighted by Crippen LogP contribution is -2.03. The zero-order valence-electron chi connectivity index (χ0n) is 15.5. The average Bonchev–Trinajstić information content (AvgIpc) is 3.22. The first-order valence-electron chi connectivity index (χ1n) is 8.42. The van der Waals surface area contributed by atoms with E-state index in [1.54, 1.807) is 23.6 Å². The largest absolute Gasteiger partial charge is 0.339 e. The number of hydrogen-bond donors (Lipinski definition) is 2. The highest BCUT2D eigenvalue weighted by molar-refractivity contribution is 8.02. The van der Waals surface area contributed by atoms with Crippen LogP contribution in [0.5, 0.6) is 0 Å². The van der Waals surface area contributed by atoms with Gasteiger partial charge in [0, 0.05) is 11.3 Å². The summed E-state index contributed by atoms with van der Waals surface area (Å²) in [6.07, 6.45) is 3.65.